The number of nitrogens with zero attached hydrogens (tertiary/aromatic N) is 1. The van der Waals surface area contributed by atoms with Crippen LogP contribution in [-0.4, -0.2) is 10.1 Å². The molecule has 0 saturated heterocycles. The number of thioether (sulfide) groups is 1. The summed E-state index contributed by atoms with van der Waals surface area (Å²) in [5.74, 6) is 0.787. The highest BCUT2D eigenvalue weighted by atomic mass is 32.2. The van der Waals surface area contributed by atoms with Crippen LogP contribution in [-0.2, 0) is 5.75 Å². The largest absolute Gasteiger partial charge is 0.280 e. The first-order valence-electron chi connectivity index (χ1n) is 3.88. The van der Waals surface area contributed by atoms with Crippen LogP contribution >= 0.6 is 23.1 Å². The molecular weight excluding hydrogens is 202 g/mol. The van der Waals surface area contributed by atoms with Crippen LogP contribution in [0.1, 0.15) is 16.1 Å². The van der Waals surface area contributed by atoms with Crippen LogP contribution in [0.5, 0.6) is 0 Å². The van der Waals surface area contributed by atoms with Gasteiger partial charge in [-0.1, -0.05) is 11.8 Å². The minimum absolute atomic E-state index is 0.114. The summed E-state index contributed by atoms with van der Waals surface area (Å²) in [5, 5.41) is 3.36. The Labute approximate surface area is 83.0 Å². The summed E-state index contributed by atoms with van der Waals surface area (Å²) in [6.07, 6.45) is 1.79. The quantitative estimate of drug-likeness (QED) is 0.665. The number of pyridine rings is 1. The molecule has 0 aliphatic carbocycles. The Morgan fingerprint density at radius 1 is 1.46 bits per heavy atom. The van der Waals surface area contributed by atoms with Gasteiger partial charge in [0.15, 0.2) is 0 Å². The average Bonchev–Trinajstić information content (AvgIpc) is 2.70. The van der Waals surface area contributed by atoms with Crippen molar-refractivity contribution >= 4 is 38.3 Å². The molecule has 3 heterocycles. The van der Waals surface area contributed by atoms with Gasteiger partial charge in [0.05, 0.1) is 4.70 Å². The molecule has 0 aromatic carbocycles. The van der Waals surface area contributed by atoms with Crippen LogP contribution in [0.15, 0.2) is 17.6 Å². The van der Waals surface area contributed by atoms with Crippen LogP contribution in [0.4, 0.5) is 0 Å². The maximum Gasteiger partial charge on any atom is 0.238 e. The molecule has 0 atom stereocenters. The Hall–Kier alpha value is -0.870. The van der Waals surface area contributed by atoms with Crippen LogP contribution in [0, 0.1) is 0 Å². The van der Waals surface area contributed by atoms with Gasteiger partial charge in [0.25, 0.3) is 0 Å². The summed E-state index contributed by atoms with van der Waals surface area (Å²) in [5.41, 5.74) is 1.78. The molecule has 1 aliphatic heterocycles. The molecule has 1 aliphatic rings. The van der Waals surface area contributed by atoms with Crippen molar-refractivity contribution in [3.05, 3.63) is 28.9 Å². The van der Waals surface area contributed by atoms with Gasteiger partial charge in [-0.15, -0.1) is 11.3 Å². The number of hydrogen-bond acceptors (Lipinski definition) is 4. The van der Waals surface area contributed by atoms with E-state index in [0.29, 0.717) is 5.69 Å². The van der Waals surface area contributed by atoms with E-state index in [2.05, 4.69) is 11.1 Å². The molecule has 4 heteroatoms. The highest BCUT2D eigenvalue weighted by Gasteiger charge is 2.23. The predicted octanol–water partition coefficient (Wildman–Crippen LogP) is 2.68. The molecule has 0 saturated carbocycles. The molecule has 0 amide bonds. The van der Waals surface area contributed by atoms with Crippen molar-refractivity contribution in [3.63, 3.8) is 0 Å². The van der Waals surface area contributed by atoms with Gasteiger partial charge in [-0.05, 0) is 11.4 Å². The van der Waals surface area contributed by atoms with E-state index in [0.717, 1.165) is 11.3 Å². The van der Waals surface area contributed by atoms with Crippen molar-refractivity contribution in [3.8, 4) is 0 Å². The second-order valence-corrected chi connectivity index (χ2v) is 4.76. The highest BCUT2D eigenvalue weighted by Crippen LogP contribution is 2.35. The first kappa shape index (κ1) is 7.53. The van der Waals surface area contributed by atoms with Gasteiger partial charge in [0.1, 0.15) is 5.69 Å². The number of carbonyl (C=O) groups excluding carboxylic acids is 1. The summed E-state index contributed by atoms with van der Waals surface area (Å²) >= 11 is 3.02. The topological polar surface area (TPSA) is 30.0 Å². The third-order valence-corrected chi connectivity index (χ3v) is 3.90. The molecule has 0 fully saturated rings. The third-order valence-electron chi connectivity index (χ3n) is 2.16. The second kappa shape index (κ2) is 2.56. The van der Waals surface area contributed by atoms with Crippen molar-refractivity contribution in [2.45, 2.75) is 5.75 Å². The smallest absolute Gasteiger partial charge is 0.238 e. The van der Waals surface area contributed by atoms with E-state index >= 15 is 0 Å². The standard InChI is InChI=1S/C9H5NOS2/c11-9-8-6(4-13-9)5-1-2-12-7(5)3-10-8/h1-3H,4H2. The number of thiophene rings is 1. The molecule has 0 N–H and O–H groups in total. The molecule has 64 valence electrons. The molecule has 3 rings (SSSR count). The van der Waals surface area contributed by atoms with E-state index in [1.165, 1.54) is 21.8 Å². The minimum atomic E-state index is 0.114. The second-order valence-electron chi connectivity index (χ2n) is 2.86. The third kappa shape index (κ3) is 0.957. The van der Waals surface area contributed by atoms with E-state index in [4.69, 9.17) is 0 Å². The van der Waals surface area contributed by atoms with Crippen LogP contribution in [0.25, 0.3) is 10.1 Å². The van der Waals surface area contributed by atoms with Gasteiger partial charge in [0.2, 0.25) is 5.12 Å². The SMILES string of the molecule is O=C1SCc2c1ncc1sccc21. The van der Waals surface area contributed by atoms with Crippen LogP contribution in [0.3, 0.4) is 0 Å². The van der Waals surface area contributed by atoms with Crippen LogP contribution in [0.2, 0.25) is 0 Å². The maximum atomic E-state index is 11.3. The molecular formula is C9H5NOS2. The lowest BCUT2D eigenvalue weighted by Gasteiger charge is -1.96. The molecule has 13 heavy (non-hydrogen) atoms. The van der Waals surface area contributed by atoms with Gasteiger partial charge in [-0.2, -0.15) is 0 Å². The van der Waals surface area contributed by atoms with Crippen molar-refractivity contribution in [1.29, 1.82) is 0 Å². The summed E-state index contributed by atoms with van der Waals surface area (Å²) in [6.45, 7) is 0. The molecule has 0 bridgehead atoms. The monoisotopic (exact) mass is 207 g/mol. The lowest BCUT2D eigenvalue weighted by molar-refractivity contribution is 0.108. The number of carbonyl (C=O) groups is 1. The number of hydrogen-bond donors (Lipinski definition) is 0. The first-order valence-corrected chi connectivity index (χ1v) is 5.75. The molecule has 2 aromatic heterocycles. The minimum Gasteiger partial charge on any atom is -0.280 e. The highest BCUT2D eigenvalue weighted by molar-refractivity contribution is 8.13. The number of aromatic nitrogens is 1. The van der Waals surface area contributed by atoms with Crippen molar-refractivity contribution in [1.82, 2.24) is 4.98 Å². The average molecular weight is 207 g/mol. The van der Waals surface area contributed by atoms with Crippen molar-refractivity contribution in [2.75, 3.05) is 0 Å². The Morgan fingerprint density at radius 2 is 2.38 bits per heavy atom. The summed E-state index contributed by atoms with van der Waals surface area (Å²) in [6, 6.07) is 2.07. The van der Waals surface area contributed by atoms with Gasteiger partial charge >= 0.3 is 0 Å². The lowest BCUT2D eigenvalue weighted by atomic mass is 10.1. The zero-order chi connectivity index (χ0) is 8.84. The van der Waals surface area contributed by atoms with Crippen molar-refractivity contribution in [2.24, 2.45) is 0 Å². The molecule has 0 spiro atoms. The fourth-order valence-electron chi connectivity index (χ4n) is 1.53. The Bertz CT molecular complexity index is 503. The van der Waals surface area contributed by atoms with Gasteiger partial charge in [-0.3, -0.25) is 9.78 Å². The molecule has 0 radical (unpaired) electrons. The van der Waals surface area contributed by atoms with E-state index in [-0.39, 0.29) is 5.12 Å². The molecule has 0 unspecified atom stereocenters. The van der Waals surface area contributed by atoms with Gasteiger partial charge in [-0.25, -0.2) is 0 Å². The van der Waals surface area contributed by atoms with E-state index in [1.807, 2.05) is 5.38 Å². The number of rotatable bonds is 0. The zero-order valence-electron chi connectivity index (χ0n) is 6.61. The Balaban J connectivity index is 2.45. The van der Waals surface area contributed by atoms with Crippen molar-refractivity contribution < 1.29 is 4.79 Å². The van der Waals surface area contributed by atoms with E-state index < -0.39 is 0 Å². The number of fused-ring (bicyclic) bond motifs is 3. The van der Waals surface area contributed by atoms with Gasteiger partial charge < -0.3 is 0 Å². The summed E-state index contributed by atoms with van der Waals surface area (Å²) < 4.78 is 1.18. The Kier molecular flexibility index (Phi) is 1.48. The zero-order valence-corrected chi connectivity index (χ0v) is 8.24. The Morgan fingerprint density at radius 3 is 3.31 bits per heavy atom. The van der Waals surface area contributed by atoms with E-state index in [1.54, 1.807) is 17.5 Å². The summed E-state index contributed by atoms with van der Waals surface area (Å²) in [7, 11) is 0. The van der Waals surface area contributed by atoms with Crippen LogP contribution < -0.4 is 0 Å². The normalized spacial score (nSPS) is 15.2. The van der Waals surface area contributed by atoms with E-state index in [9.17, 15) is 4.79 Å². The molecule has 2 aromatic rings. The van der Waals surface area contributed by atoms with Gasteiger partial charge in [0, 0.05) is 22.9 Å². The fourth-order valence-corrected chi connectivity index (χ4v) is 3.19. The lowest BCUT2D eigenvalue weighted by Crippen LogP contribution is -1.92. The molecule has 2 nitrogen and oxygen atoms in total. The summed E-state index contributed by atoms with van der Waals surface area (Å²) in [4.78, 5) is 15.5. The maximum absolute atomic E-state index is 11.3. The predicted molar refractivity (Wildman–Crippen MR) is 55.2 cm³/mol. The first-order chi connectivity index (χ1) is 6.36. The fraction of sp³-hybridized carbons (Fsp3) is 0.111.